The van der Waals surface area contributed by atoms with Crippen LogP contribution in [0, 0.1) is 28.1 Å². The van der Waals surface area contributed by atoms with Gasteiger partial charge in [0, 0.05) is 0 Å². The van der Waals surface area contributed by atoms with Gasteiger partial charge in [-0.05, 0) is 85.0 Å². The van der Waals surface area contributed by atoms with E-state index in [0.717, 1.165) is 37.7 Å². The Morgan fingerprint density at radius 2 is 1.27 bits per heavy atom. The van der Waals surface area contributed by atoms with Crippen molar-refractivity contribution in [2.24, 2.45) is 28.1 Å². The van der Waals surface area contributed by atoms with Crippen LogP contribution in [0.15, 0.2) is 12.2 Å². The summed E-state index contributed by atoms with van der Waals surface area (Å²) in [5.41, 5.74) is -1.17. The summed E-state index contributed by atoms with van der Waals surface area (Å²) in [5, 5.41) is 124. The summed E-state index contributed by atoms with van der Waals surface area (Å²) in [7, 11) is 0. The summed E-state index contributed by atoms with van der Waals surface area (Å²) in [5.74, 6) is -0.442. The molecule has 22 atom stereocenters. The van der Waals surface area contributed by atoms with E-state index in [0.29, 0.717) is 25.7 Å². The molecule has 2 bridgehead atoms. The Kier molecular flexibility index (Phi) is 13.5. The smallest absolute Gasteiger partial charge is 0.308 e. The van der Waals surface area contributed by atoms with Crippen molar-refractivity contribution in [3.63, 3.8) is 0 Å². The SMILES string of the molecule is C=C1CC23CCC4C(C)(CCC[C@@]4(C)CC(=O)OC4OC(CO)C(O)C(O)C4OC4OC(CO)C(O)C(O)C4O)[C@@H]2CCC1(OC(O)OC1OC(CO)C(O)C(O)C1O)C3. The summed E-state index contributed by atoms with van der Waals surface area (Å²) in [6.07, 6.45) is -18.3. The Balaban J connectivity index is 1.03. The molecule has 0 radical (unpaired) electrons. The van der Waals surface area contributed by atoms with Crippen molar-refractivity contribution in [2.45, 2.75) is 182 Å². The van der Waals surface area contributed by atoms with Gasteiger partial charge in [-0.3, -0.25) is 9.53 Å². The van der Waals surface area contributed by atoms with Gasteiger partial charge in [-0.1, -0.05) is 26.8 Å². The molecule has 3 saturated heterocycles. The van der Waals surface area contributed by atoms with E-state index in [-0.39, 0.29) is 29.1 Å². The first kappa shape index (κ1) is 46.5. The van der Waals surface area contributed by atoms with Crippen molar-refractivity contribution in [3.05, 3.63) is 12.2 Å². The van der Waals surface area contributed by atoms with E-state index in [2.05, 4.69) is 20.4 Å². The minimum atomic E-state index is -1.89. The zero-order chi connectivity index (χ0) is 43.7. The highest BCUT2D eigenvalue weighted by molar-refractivity contribution is 5.70. The van der Waals surface area contributed by atoms with Crippen LogP contribution in [0.5, 0.6) is 0 Å². The van der Waals surface area contributed by atoms with Gasteiger partial charge in [0.2, 0.25) is 6.29 Å². The molecule has 0 amide bonds. The number of rotatable bonds is 12. The number of aliphatic hydroxyl groups is 12. The largest absolute Gasteiger partial charge is 0.433 e. The van der Waals surface area contributed by atoms with Crippen LogP contribution in [-0.2, 0) is 38.0 Å². The monoisotopic (exact) mass is 864 g/mol. The molecule has 20 unspecified atom stereocenters. The number of ether oxygens (including phenoxy) is 7. The third-order valence-corrected chi connectivity index (χ3v) is 15.4. The van der Waals surface area contributed by atoms with E-state index in [9.17, 15) is 66.1 Å². The fourth-order valence-corrected chi connectivity index (χ4v) is 12.5. The van der Waals surface area contributed by atoms with Gasteiger partial charge in [-0.2, -0.15) is 0 Å². The molecule has 0 aromatic heterocycles. The van der Waals surface area contributed by atoms with Gasteiger partial charge < -0.3 is 89.7 Å². The van der Waals surface area contributed by atoms with Crippen molar-refractivity contribution in [3.8, 4) is 0 Å². The van der Waals surface area contributed by atoms with Crippen LogP contribution >= 0.6 is 0 Å². The molecule has 12 N–H and O–H groups in total. The Morgan fingerprint density at radius 3 is 1.88 bits per heavy atom. The van der Waals surface area contributed by atoms with E-state index >= 15 is 0 Å². The van der Waals surface area contributed by atoms with Crippen molar-refractivity contribution < 1.29 is 99.2 Å². The highest BCUT2D eigenvalue weighted by Crippen LogP contribution is 2.74. The number of fused-ring (bicyclic) bond motifs is 3. The highest BCUT2D eigenvalue weighted by Gasteiger charge is 2.68. The average molecular weight is 865 g/mol. The molecule has 7 aliphatic rings. The summed E-state index contributed by atoms with van der Waals surface area (Å²) in [6.45, 7) is 4.67. The zero-order valence-electron chi connectivity index (χ0n) is 33.9. The minimum Gasteiger partial charge on any atom is -0.433 e. The van der Waals surface area contributed by atoms with Gasteiger partial charge in [0.1, 0.15) is 67.1 Å². The number of hydrogen-bond acceptors (Lipinski definition) is 20. The maximum Gasteiger partial charge on any atom is 0.308 e. The molecule has 3 heterocycles. The molecule has 0 aromatic rings. The molecular weight excluding hydrogens is 800 g/mol. The fourth-order valence-electron chi connectivity index (χ4n) is 12.5. The third kappa shape index (κ3) is 8.00. The summed E-state index contributed by atoms with van der Waals surface area (Å²) in [4.78, 5) is 14.0. The molecule has 7 rings (SSSR count). The lowest BCUT2D eigenvalue weighted by Gasteiger charge is -2.64. The molecule has 20 nitrogen and oxygen atoms in total. The summed E-state index contributed by atoms with van der Waals surface area (Å²) < 4.78 is 39.8. The Labute approximate surface area is 347 Å². The van der Waals surface area contributed by atoms with E-state index in [1.165, 1.54) is 0 Å². The molecule has 4 aliphatic carbocycles. The zero-order valence-corrected chi connectivity index (χ0v) is 33.9. The van der Waals surface area contributed by atoms with Crippen LogP contribution in [0.2, 0.25) is 0 Å². The number of carbonyl (C=O) groups is 1. The van der Waals surface area contributed by atoms with Crippen LogP contribution in [0.3, 0.4) is 0 Å². The molecule has 3 aliphatic heterocycles. The summed E-state index contributed by atoms with van der Waals surface area (Å²) in [6, 6.07) is 0. The molecule has 20 heteroatoms. The first-order valence-electron chi connectivity index (χ1n) is 21.0. The first-order chi connectivity index (χ1) is 28.3. The predicted octanol–water partition coefficient (Wildman–Crippen LogP) is -3.26. The maximum atomic E-state index is 14.0. The van der Waals surface area contributed by atoms with E-state index in [1.54, 1.807) is 0 Å². The van der Waals surface area contributed by atoms with Crippen LogP contribution in [0.1, 0.15) is 78.1 Å². The third-order valence-electron chi connectivity index (χ3n) is 15.4. The van der Waals surface area contributed by atoms with E-state index in [4.69, 9.17) is 33.2 Å². The van der Waals surface area contributed by atoms with Crippen molar-refractivity contribution in [1.82, 2.24) is 0 Å². The molecular formula is C40H64O20. The topological polar surface area (TPSA) is 324 Å². The lowest BCUT2D eigenvalue weighted by molar-refractivity contribution is -0.392. The van der Waals surface area contributed by atoms with Crippen LogP contribution in [0.4, 0.5) is 0 Å². The van der Waals surface area contributed by atoms with Crippen molar-refractivity contribution in [2.75, 3.05) is 19.8 Å². The molecule has 7 fully saturated rings. The van der Waals surface area contributed by atoms with Crippen molar-refractivity contribution >= 4 is 5.97 Å². The molecule has 60 heavy (non-hydrogen) atoms. The second kappa shape index (κ2) is 17.5. The predicted molar refractivity (Wildman–Crippen MR) is 198 cm³/mol. The van der Waals surface area contributed by atoms with Gasteiger partial charge in [-0.15, -0.1) is 0 Å². The van der Waals surface area contributed by atoms with Gasteiger partial charge >= 0.3 is 5.97 Å². The highest BCUT2D eigenvalue weighted by atomic mass is 16.9. The van der Waals surface area contributed by atoms with Gasteiger partial charge in [0.05, 0.1) is 31.8 Å². The number of hydrogen-bond donors (Lipinski definition) is 12. The average Bonchev–Trinajstić information content (AvgIpc) is 3.39. The molecule has 4 saturated carbocycles. The first-order valence-corrected chi connectivity index (χ1v) is 21.0. The van der Waals surface area contributed by atoms with E-state index in [1.807, 2.05) is 0 Å². The second-order valence-electron chi connectivity index (χ2n) is 18.9. The maximum absolute atomic E-state index is 14.0. The lowest BCUT2D eigenvalue weighted by atomic mass is 9.40. The number of carbonyl (C=O) groups excluding carboxylic acids is 1. The van der Waals surface area contributed by atoms with Gasteiger partial charge in [0.25, 0.3) is 6.48 Å². The molecule has 0 aromatic carbocycles. The molecule has 1 spiro atoms. The van der Waals surface area contributed by atoms with Crippen molar-refractivity contribution in [1.29, 1.82) is 0 Å². The quantitative estimate of drug-likeness (QED) is 0.0521. The Bertz CT molecular complexity index is 1530. The molecule has 344 valence electrons. The second-order valence-corrected chi connectivity index (χ2v) is 18.9. The van der Waals surface area contributed by atoms with Crippen LogP contribution in [0.25, 0.3) is 0 Å². The normalized spacial score (nSPS) is 52.3. The number of aliphatic hydroxyl groups excluding tert-OH is 12. The lowest BCUT2D eigenvalue weighted by Crippen LogP contribution is -2.65. The minimum absolute atomic E-state index is 0.0523. The van der Waals surface area contributed by atoms with Crippen LogP contribution < -0.4 is 0 Å². The van der Waals surface area contributed by atoms with E-state index < -0.39 is 135 Å². The van der Waals surface area contributed by atoms with Gasteiger partial charge in [-0.25, -0.2) is 0 Å². The Hall–Kier alpha value is -1.51. The Morgan fingerprint density at radius 1 is 0.717 bits per heavy atom. The standard InChI is InChI=1S/C40H64O20/c1-17-11-39-9-5-21-37(2,12-23(44)57-35-32(29(50)26(47)20(15-43)56-35)58-33-30(51)27(48)24(45)18(13-41)54-33)7-4-8-38(21,3)22(39)6-10-40(17,16-39)60-36(53)59-34-31(52)28(49)25(46)19(14-42)55-34/h18-22,24-36,41-43,45-53H,1,4-16H2,2-3H3/t18?,19?,20?,21?,22-,24?,25?,26?,27?,28?,29?,30?,31?,32?,33?,34?,35?,36?,37-,38?,39?,40?/m0/s1. The van der Waals surface area contributed by atoms with Crippen LogP contribution in [-0.4, -0.2) is 191 Å². The number of esters is 1. The summed E-state index contributed by atoms with van der Waals surface area (Å²) >= 11 is 0. The fraction of sp³-hybridized carbons (Fsp3) is 0.925. The van der Waals surface area contributed by atoms with Gasteiger partial charge in [0.15, 0.2) is 18.7 Å².